The zero-order valence-electron chi connectivity index (χ0n) is 8.95. The lowest BCUT2D eigenvalue weighted by Crippen LogP contribution is -2.25. The highest BCUT2D eigenvalue weighted by molar-refractivity contribution is 6.30. The molecule has 2 N–H and O–H groups in total. The summed E-state index contributed by atoms with van der Waals surface area (Å²) in [5.41, 5.74) is 0.328. The molecule has 88 valence electrons. The van der Waals surface area contributed by atoms with Gasteiger partial charge in [0.2, 0.25) is 0 Å². The van der Waals surface area contributed by atoms with Crippen LogP contribution in [0.15, 0.2) is 18.3 Å². The third-order valence-corrected chi connectivity index (χ3v) is 2.31. The maximum Gasteiger partial charge on any atom is 0.269 e. The number of hydrogen-bond donors (Lipinski definition) is 2. The fraction of sp³-hybridized carbons (Fsp3) is 0.455. The minimum Gasteiger partial charge on any atom is -0.396 e. The minimum atomic E-state index is -0.216. The van der Waals surface area contributed by atoms with Crippen LogP contribution in [0.1, 0.15) is 29.8 Å². The Morgan fingerprint density at radius 2 is 2.25 bits per heavy atom. The molecule has 1 amide bonds. The number of pyridine rings is 1. The molecule has 0 atom stereocenters. The van der Waals surface area contributed by atoms with Gasteiger partial charge in [-0.1, -0.05) is 11.6 Å². The normalized spacial score (nSPS) is 10.1. The Morgan fingerprint density at radius 3 is 2.94 bits per heavy atom. The van der Waals surface area contributed by atoms with Crippen molar-refractivity contribution in [3.63, 3.8) is 0 Å². The number of carbonyl (C=O) groups is 1. The Balaban J connectivity index is 2.30. The van der Waals surface area contributed by atoms with Crippen LogP contribution in [0.2, 0.25) is 5.02 Å². The largest absolute Gasteiger partial charge is 0.396 e. The van der Waals surface area contributed by atoms with Gasteiger partial charge < -0.3 is 10.4 Å². The highest BCUT2D eigenvalue weighted by atomic mass is 35.5. The molecule has 0 aliphatic heterocycles. The van der Waals surface area contributed by atoms with Crippen LogP contribution in [0.25, 0.3) is 0 Å². The second kappa shape index (κ2) is 7.19. The smallest absolute Gasteiger partial charge is 0.269 e. The Bertz CT molecular complexity index is 345. The van der Waals surface area contributed by atoms with Crippen molar-refractivity contribution in [2.24, 2.45) is 0 Å². The van der Waals surface area contributed by atoms with Gasteiger partial charge in [-0.15, -0.1) is 0 Å². The van der Waals surface area contributed by atoms with Gasteiger partial charge in [0.25, 0.3) is 5.91 Å². The summed E-state index contributed by atoms with van der Waals surface area (Å²) in [6.07, 6.45) is 4.03. The molecule has 0 fully saturated rings. The summed E-state index contributed by atoms with van der Waals surface area (Å²) >= 11 is 5.74. The van der Waals surface area contributed by atoms with Gasteiger partial charge in [0.1, 0.15) is 5.69 Å². The summed E-state index contributed by atoms with van der Waals surface area (Å²) in [4.78, 5) is 15.5. The molecule has 0 radical (unpaired) electrons. The van der Waals surface area contributed by atoms with E-state index in [9.17, 15) is 4.79 Å². The van der Waals surface area contributed by atoms with E-state index in [1.54, 1.807) is 6.07 Å². The molecular formula is C11H15ClN2O2. The standard InChI is InChI=1S/C11H15ClN2O2/c12-9-4-6-13-10(8-9)11(16)14-5-2-1-3-7-15/h4,6,8,15H,1-3,5,7H2,(H,14,16). The van der Waals surface area contributed by atoms with E-state index in [4.69, 9.17) is 16.7 Å². The van der Waals surface area contributed by atoms with E-state index in [1.807, 2.05) is 0 Å². The maximum atomic E-state index is 11.5. The van der Waals surface area contributed by atoms with Crippen LogP contribution in [0.5, 0.6) is 0 Å². The topological polar surface area (TPSA) is 62.2 Å². The number of hydrogen-bond acceptors (Lipinski definition) is 3. The summed E-state index contributed by atoms with van der Waals surface area (Å²) in [5.74, 6) is -0.216. The molecule has 0 bridgehead atoms. The van der Waals surface area contributed by atoms with Gasteiger partial charge in [-0.25, -0.2) is 0 Å². The quantitative estimate of drug-likeness (QED) is 0.746. The zero-order chi connectivity index (χ0) is 11.8. The average Bonchev–Trinajstić information content (AvgIpc) is 2.28. The summed E-state index contributed by atoms with van der Waals surface area (Å²) < 4.78 is 0. The van der Waals surface area contributed by atoms with E-state index in [1.165, 1.54) is 12.3 Å². The minimum absolute atomic E-state index is 0.198. The SMILES string of the molecule is O=C(NCCCCCO)c1cc(Cl)ccn1. The number of nitrogens with zero attached hydrogens (tertiary/aromatic N) is 1. The summed E-state index contributed by atoms with van der Waals surface area (Å²) in [6, 6.07) is 3.16. The van der Waals surface area contributed by atoms with Crippen LogP contribution >= 0.6 is 11.6 Å². The van der Waals surface area contributed by atoms with E-state index >= 15 is 0 Å². The third-order valence-electron chi connectivity index (χ3n) is 2.08. The van der Waals surface area contributed by atoms with E-state index in [0.717, 1.165) is 19.3 Å². The molecule has 5 heteroatoms. The monoisotopic (exact) mass is 242 g/mol. The van der Waals surface area contributed by atoms with Crippen LogP contribution in [0.3, 0.4) is 0 Å². The van der Waals surface area contributed by atoms with Gasteiger partial charge in [-0.3, -0.25) is 9.78 Å². The molecule has 0 unspecified atom stereocenters. The average molecular weight is 243 g/mol. The first-order valence-electron chi connectivity index (χ1n) is 5.24. The fourth-order valence-corrected chi connectivity index (χ4v) is 1.39. The van der Waals surface area contributed by atoms with E-state index in [2.05, 4.69) is 10.3 Å². The van der Waals surface area contributed by atoms with Gasteiger partial charge in [-0.05, 0) is 31.4 Å². The number of nitrogens with one attached hydrogen (secondary N) is 1. The van der Waals surface area contributed by atoms with Gasteiger partial charge in [0, 0.05) is 24.4 Å². The summed E-state index contributed by atoms with van der Waals surface area (Å²) in [7, 11) is 0. The van der Waals surface area contributed by atoms with Crippen molar-refractivity contribution >= 4 is 17.5 Å². The first kappa shape index (κ1) is 12.9. The van der Waals surface area contributed by atoms with Crippen LogP contribution in [-0.4, -0.2) is 29.1 Å². The lowest BCUT2D eigenvalue weighted by molar-refractivity contribution is 0.0948. The van der Waals surface area contributed by atoms with E-state index < -0.39 is 0 Å². The molecule has 0 aliphatic carbocycles. The predicted molar refractivity (Wildman–Crippen MR) is 62.5 cm³/mol. The molecular weight excluding hydrogens is 228 g/mol. The number of rotatable bonds is 6. The second-order valence-electron chi connectivity index (χ2n) is 3.40. The molecule has 1 aromatic rings. The number of unbranched alkanes of at least 4 members (excludes halogenated alkanes) is 2. The molecule has 4 nitrogen and oxygen atoms in total. The van der Waals surface area contributed by atoms with E-state index in [-0.39, 0.29) is 12.5 Å². The van der Waals surface area contributed by atoms with Crippen LogP contribution < -0.4 is 5.32 Å². The number of halogens is 1. The second-order valence-corrected chi connectivity index (χ2v) is 3.84. The molecule has 1 heterocycles. The van der Waals surface area contributed by atoms with Crippen molar-refractivity contribution in [3.8, 4) is 0 Å². The lowest BCUT2D eigenvalue weighted by Gasteiger charge is -2.04. The molecule has 16 heavy (non-hydrogen) atoms. The number of carbonyl (C=O) groups excluding carboxylic acids is 1. The molecule has 0 saturated heterocycles. The first-order valence-corrected chi connectivity index (χ1v) is 5.62. The third kappa shape index (κ3) is 4.59. The van der Waals surface area contributed by atoms with Crippen LogP contribution in [0, 0.1) is 0 Å². The van der Waals surface area contributed by atoms with Gasteiger partial charge in [0.05, 0.1) is 0 Å². The Labute approximate surface area is 99.6 Å². The Morgan fingerprint density at radius 1 is 1.44 bits per heavy atom. The first-order chi connectivity index (χ1) is 7.74. The number of aliphatic hydroxyl groups excluding tert-OH is 1. The summed E-state index contributed by atoms with van der Waals surface area (Å²) in [5, 5.41) is 11.8. The van der Waals surface area contributed by atoms with Gasteiger partial charge >= 0.3 is 0 Å². The number of aromatic nitrogens is 1. The highest BCUT2D eigenvalue weighted by Crippen LogP contribution is 2.07. The molecule has 0 spiro atoms. The van der Waals surface area contributed by atoms with Crippen molar-refractivity contribution in [2.75, 3.05) is 13.2 Å². The van der Waals surface area contributed by atoms with Crippen molar-refractivity contribution < 1.29 is 9.90 Å². The van der Waals surface area contributed by atoms with Gasteiger partial charge in [-0.2, -0.15) is 0 Å². The van der Waals surface area contributed by atoms with Crippen molar-refractivity contribution in [1.82, 2.24) is 10.3 Å². The lowest BCUT2D eigenvalue weighted by atomic mass is 10.2. The Kier molecular flexibility index (Phi) is 5.82. The summed E-state index contributed by atoms with van der Waals surface area (Å²) in [6.45, 7) is 0.789. The predicted octanol–water partition coefficient (Wildman–Crippen LogP) is 1.63. The molecule has 1 aromatic heterocycles. The van der Waals surface area contributed by atoms with Crippen LogP contribution in [0.4, 0.5) is 0 Å². The molecule has 0 saturated carbocycles. The molecule has 1 rings (SSSR count). The van der Waals surface area contributed by atoms with Crippen molar-refractivity contribution in [2.45, 2.75) is 19.3 Å². The number of amides is 1. The van der Waals surface area contributed by atoms with E-state index in [0.29, 0.717) is 17.3 Å². The van der Waals surface area contributed by atoms with Crippen molar-refractivity contribution in [3.05, 3.63) is 29.0 Å². The molecule has 0 aromatic carbocycles. The number of aliphatic hydroxyl groups is 1. The zero-order valence-corrected chi connectivity index (χ0v) is 9.70. The highest BCUT2D eigenvalue weighted by Gasteiger charge is 2.05. The maximum absolute atomic E-state index is 11.5. The fourth-order valence-electron chi connectivity index (χ4n) is 1.23. The van der Waals surface area contributed by atoms with Crippen molar-refractivity contribution in [1.29, 1.82) is 0 Å². The van der Waals surface area contributed by atoms with Crippen LogP contribution in [-0.2, 0) is 0 Å². The molecule has 0 aliphatic rings. The van der Waals surface area contributed by atoms with Gasteiger partial charge in [0.15, 0.2) is 0 Å². The Hall–Kier alpha value is -1.13.